The maximum Gasteiger partial charge on any atom is 0.387 e. The van der Waals surface area contributed by atoms with Crippen molar-refractivity contribution in [2.24, 2.45) is 0 Å². The minimum absolute atomic E-state index is 0.0727. The van der Waals surface area contributed by atoms with Gasteiger partial charge in [-0.1, -0.05) is 11.6 Å². The van der Waals surface area contributed by atoms with Gasteiger partial charge in [-0.25, -0.2) is 0 Å². The van der Waals surface area contributed by atoms with E-state index in [-0.39, 0.29) is 16.3 Å². The van der Waals surface area contributed by atoms with Crippen LogP contribution in [0.25, 0.3) is 0 Å². The summed E-state index contributed by atoms with van der Waals surface area (Å²) in [6, 6.07) is 3.72. The van der Waals surface area contributed by atoms with Gasteiger partial charge in [0.2, 0.25) is 0 Å². The number of alkyl halides is 2. The molecular formula is C10H11ClF2N2O5S. The molecule has 0 heterocycles. The Morgan fingerprint density at radius 1 is 1.38 bits per heavy atom. The summed E-state index contributed by atoms with van der Waals surface area (Å²) in [5, 5.41) is 8.56. The van der Waals surface area contributed by atoms with E-state index < -0.39 is 35.9 Å². The van der Waals surface area contributed by atoms with Crippen molar-refractivity contribution in [1.82, 2.24) is 9.44 Å². The van der Waals surface area contributed by atoms with Crippen molar-refractivity contribution in [3.05, 3.63) is 28.8 Å². The van der Waals surface area contributed by atoms with Gasteiger partial charge in [0.25, 0.3) is 10.2 Å². The van der Waals surface area contributed by atoms with Crippen molar-refractivity contribution in [3.63, 3.8) is 0 Å². The Hall–Kier alpha value is -1.49. The van der Waals surface area contributed by atoms with Gasteiger partial charge in [-0.15, -0.1) is 0 Å². The van der Waals surface area contributed by atoms with E-state index in [1.54, 1.807) is 4.72 Å². The number of carboxylic acid groups (broad SMARTS) is 1. The fraction of sp³-hybridized carbons (Fsp3) is 0.300. The number of hydrogen-bond donors (Lipinski definition) is 3. The SMILES string of the molecule is O=C(O)CNS(=O)(=O)NCc1cc(Cl)ccc1OC(F)F. The van der Waals surface area contributed by atoms with E-state index in [9.17, 15) is 22.0 Å². The zero-order valence-corrected chi connectivity index (χ0v) is 11.9. The molecule has 0 bridgehead atoms. The summed E-state index contributed by atoms with van der Waals surface area (Å²) in [6.45, 7) is -4.30. The van der Waals surface area contributed by atoms with E-state index >= 15 is 0 Å². The monoisotopic (exact) mass is 344 g/mol. The van der Waals surface area contributed by atoms with E-state index in [4.69, 9.17) is 16.7 Å². The first-order valence-electron chi connectivity index (χ1n) is 5.39. The molecule has 1 aromatic carbocycles. The van der Waals surface area contributed by atoms with Crippen LogP contribution in [-0.2, 0) is 21.5 Å². The van der Waals surface area contributed by atoms with Gasteiger partial charge >= 0.3 is 12.6 Å². The quantitative estimate of drug-likeness (QED) is 0.651. The summed E-state index contributed by atoms with van der Waals surface area (Å²) < 4.78 is 55.2. The lowest BCUT2D eigenvalue weighted by Gasteiger charge is -2.12. The average molecular weight is 345 g/mol. The Kier molecular flexibility index (Phi) is 6.27. The highest BCUT2D eigenvalue weighted by Gasteiger charge is 2.15. The van der Waals surface area contributed by atoms with Crippen LogP contribution in [0.5, 0.6) is 5.75 Å². The van der Waals surface area contributed by atoms with Crippen LogP contribution in [0.15, 0.2) is 18.2 Å². The summed E-state index contributed by atoms with van der Waals surface area (Å²) in [5.74, 6) is -1.61. The number of ether oxygens (including phenoxy) is 1. The molecule has 0 fully saturated rings. The first kappa shape index (κ1) is 17.6. The number of rotatable bonds is 8. The van der Waals surface area contributed by atoms with Gasteiger partial charge in [0.1, 0.15) is 12.3 Å². The summed E-state index contributed by atoms with van der Waals surface area (Å²) in [6.07, 6.45) is 0. The maximum absolute atomic E-state index is 12.2. The van der Waals surface area contributed by atoms with Crippen molar-refractivity contribution in [2.75, 3.05) is 6.54 Å². The Morgan fingerprint density at radius 2 is 2.05 bits per heavy atom. The molecule has 118 valence electrons. The molecule has 0 radical (unpaired) electrons. The van der Waals surface area contributed by atoms with Crippen LogP contribution in [0.3, 0.4) is 0 Å². The van der Waals surface area contributed by atoms with E-state index in [0.717, 1.165) is 0 Å². The van der Waals surface area contributed by atoms with Gasteiger partial charge in [-0.2, -0.15) is 26.6 Å². The number of carbonyl (C=O) groups is 1. The predicted octanol–water partition coefficient (Wildman–Crippen LogP) is 0.950. The number of benzene rings is 1. The van der Waals surface area contributed by atoms with Crippen molar-refractivity contribution < 1.29 is 31.8 Å². The van der Waals surface area contributed by atoms with Gasteiger partial charge in [-0.3, -0.25) is 4.79 Å². The molecule has 0 saturated carbocycles. The second-order valence-electron chi connectivity index (χ2n) is 3.67. The fourth-order valence-corrected chi connectivity index (χ4v) is 2.23. The second-order valence-corrected chi connectivity index (χ2v) is 5.69. The molecule has 7 nitrogen and oxygen atoms in total. The number of carboxylic acids is 1. The lowest BCUT2D eigenvalue weighted by molar-refractivity contribution is -0.135. The molecule has 3 N–H and O–H groups in total. The summed E-state index contributed by atoms with van der Waals surface area (Å²) in [5.41, 5.74) is 0.0727. The molecule has 0 unspecified atom stereocenters. The van der Waals surface area contributed by atoms with E-state index in [2.05, 4.69) is 4.74 Å². The van der Waals surface area contributed by atoms with Crippen LogP contribution >= 0.6 is 11.6 Å². The number of nitrogens with one attached hydrogen (secondary N) is 2. The van der Waals surface area contributed by atoms with E-state index in [0.29, 0.717) is 0 Å². The lowest BCUT2D eigenvalue weighted by Crippen LogP contribution is -2.38. The molecule has 0 atom stereocenters. The van der Waals surface area contributed by atoms with Crippen molar-refractivity contribution in [3.8, 4) is 5.75 Å². The van der Waals surface area contributed by atoms with Crippen molar-refractivity contribution in [2.45, 2.75) is 13.2 Å². The molecule has 1 aromatic rings. The minimum Gasteiger partial charge on any atom is -0.480 e. The van der Waals surface area contributed by atoms with Crippen LogP contribution < -0.4 is 14.2 Å². The number of hydrogen-bond acceptors (Lipinski definition) is 4. The second kappa shape index (κ2) is 7.50. The van der Waals surface area contributed by atoms with Crippen molar-refractivity contribution in [1.29, 1.82) is 0 Å². The fourth-order valence-electron chi connectivity index (χ4n) is 1.28. The highest BCUT2D eigenvalue weighted by Crippen LogP contribution is 2.24. The van der Waals surface area contributed by atoms with E-state index in [1.807, 2.05) is 4.72 Å². The van der Waals surface area contributed by atoms with Crippen LogP contribution in [0.1, 0.15) is 5.56 Å². The molecular weight excluding hydrogens is 334 g/mol. The Bertz CT molecular complexity index is 611. The highest BCUT2D eigenvalue weighted by atomic mass is 35.5. The molecule has 1 rings (SSSR count). The van der Waals surface area contributed by atoms with Gasteiger partial charge in [0.15, 0.2) is 0 Å². The van der Waals surface area contributed by atoms with Gasteiger partial charge in [0, 0.05) is 17.1 Å². The maximum atomic E-state index is 12.2. The molecule has 0 spiro atoms. The average Bonchev–Trinajstić information content (AvgIpc) is 2.36. The Morgan fingerprint density at radius 3 is 2.62 bits per heavy atom. The number of aliphatic carboxylic acids is 1. The largest absolute Gasteiger partial charge is 0.480 e. The summed E-state index contributed by atoms with van der Waals surface area (Å²) in [4.78, 5) is 10.3. The predicted molar refractivity (Wildman–Crippen MR) is 69.5 cm³/mol. The van der Waals surface area contributed by atoms with Crippen LogP contribution in [0.4, 0.5) is 8.78 Å². The third kappa shape index (κ3) is 6.67. The van der Waals surface area contributed by atoms with Crippen molar-refractivity contribution >= 4 is 27.8 Å². The third-order valence-corrected chi connectivity index (χ3v) is 3.39. The highest BCUT2D eigenvalue weighted by molar-refractivity contribution is 7.87. The Balaban J connectivity index is 2.78. The van der Waals surface area contributed by atoms with Crippen LogP contribution in [-0.4, -0.2) is 32.6 Å². The first-order valence-corrected chi connectivity index (χ1v) is 7.25. The smallest absolute Gasteiger partial charge is 0.387 e. The van der Waals surface area contributed by atoms with Gasteiger partial charge < -0.3 is 9.84 Å². The zero-order chi connectivity index (χ0) is 16.0. The first-order chi connectivity index (χ1) is 9.69. The molecule has 0 saturated heterocycles. The minimum atomic E-state index is -4.10. The molecule has 0 aromatic heterocycles. The summed E-state index contributed by atoms with van der Waals surface area (Å²) >= 11 is 5.69. The number of halogens is 3. The molecule has 0 amide bonds. The normalized spacial score (nSPS) is 11.6. The molecule has 0 aliphatic heterocycles. The van der Waals surface area contributed by atoms with Gasteiger partial charge in [-0.05, 0) is 18.2 Å². The topological polar surface area (TPSA) is 105 Å². The lowest BCUT2D eigenvalue weighted by atomic mass is 10.2. The molecule has 0 aliphatic rings. The third-order valence-electron chi connectivity index (χ3n) is 2.10. The zero-order valence-electron chi connectivity index (χ0n) is 10.3. The van der Waals surface area contributed by atoms with Crippen LogP contribution in [0.2, 0.25) is 5.02 Å². The van der Waals surface area contributed by atoms with Gasteiger partial charge in [0.05, 0.1) is 0 Å². The molecule has 21 heavy (non-hydrogen) atoms. The van der Waals surface area contributed by atoms with E-state index in [1.165, 1.54) is 18.2 Å². The molecule has 11 heteroatoms. The summed E-state index contributed by atoms with van der Waals surface area (Å²) in [7, 11) is -4.10. The molecule has 0 aliphatic carbocycles. The standard InChI is InChI=1S/C10H11ClF2N2O5S/c11-7-1-2-8(20-10(12)13)6(3-7)4-14-21(18,19)15-5-9(16)17/h1-3,10,14-15H,4-5H2,(H,16,17). The Labute approximate surface area is 124 Å². The van der Waals surface area contributed by atoms with Crippen LogP contribution in [0, 0.1) is 0 Å².